The number of amides is 5. The quantitative estimate of drug-likeness (QED) is 0.0250. The first-order chi connectivity index (χ1) is 68.3. The molecular weight excluding hydrogens is 1900 g/mol. The second kappa shape index (κ2) is 49.1. The Balaban J connectivity index is 0.000000280. The molecule has 27 heteroatoms. The van der Waals surface area contributed by atoms with Crippen molar-refractivity contribution in [3.8, 4) is 53.7 Å². The zero-order chi connectivity index (χ0) is 104. The van der Waals surface area contributed by atoms with Crippen LogP contribution in [0.2, 0.25) is 20.1 Å². The molecule has 0 aliphatic rings. The van der Waals surface area contributed by atoms with E-state index in [1.807, 2.05) is 189 Å². The van der Waals surface area contributed by atoms with Crippen molar-refractivity contribution >= 4 is 123 Å². The number of rotatable bonds is 20. The van der Waals surface area contributed by atoms with Crippen molar-refractivity contribution in [2.45, 2.75) is 104 Å². The predicted molar refractivity (Wildman–Crippen MR) is 573 cm³/mol. The second-order valence-corrected chi connectivity index (χ2v) is 35.8. The summed E-state index contributed by atoms with van der Waals surface area (Å²) in [5, 5.41) is 103. The number of para-hydroxylation sites is 3. The van der Waals surface area contributed by atoms with Gasteiger partial charge in [-0.2, -0.15) is 31.6 Å². The summed E-state index contributed by atoms with van der Waals surface area (Å²) in [6, 6.07) is 96.3. The summed E-state index contributed by atoms with van der Waals surface area (Å²) in [6.45, 7) is 19.0. The molecule has 15 aromatic rings. The Morgan fingerprint density at radius 1 is 0.315 bits per heavy atom. The summed E-state index contributed by atoms with van der Waals surface area (Å²) in [5.41, 5.74) is 26.5. The van der Waals surface area contributed by atoms with Crippen LogP contribution < -0.4 is 32.3 Å². The first-order valence-electron chi connectivity index (χ1n) is 44.4. The standard InChI is InChI=1S/C24H19N3OS.2C23H18ClFN2O2.C23H20ClN3O.C23H19ClN2O2.5H2/c1-15-7-9-17(10-8-15)21(14-26)20-11-16(2)22(12-18(20)13-25)27-24(28)19-5-3-4-6-23(19)29;1-13-3-5-15(6-4-13)19(12-26)17-9-14(2)21(11-20(17)24)27-23(29)18-10-16(25)7-8-22(18)28;1-13-6-8-15(9-7-13)18(12-26)17-10-14(2)21(11-19(17)24)27-23(29)16-4-3-5-20(25)22(16)28;1-14-7-9-16(10-8-14)19(13-25)18-11-15(2)22(12-20(18)24)27-23(28)17-5-3-4-6-21(17)26;1-14-7-9-16(10-8-14)19(13-25)18-11-15(2)21(12-20(18)24)26-23(28)17-5-3-4-6-22(17)27;;;;;/h3-12,21,29H,1-2H3,(H,27,28);3-11,19,28H,1-2H3,(H,27,29);3-11,18,28H,1-2H3,(H,27,29);3-12,19H,26H2,1-2H3,(H,27,28);3-12,19,27H,1-2H3,(H,26,28);5*1H. The largest absolute Gasteiger partial charge is 0.507 e. The molecule has 5 unspecified atom stereocenters. The van der Waals surface area contributed by atoms with Gasteiger partial charge >= 0.3 is 0 Å². The third-order valence-electron chi connectivity index (χ3n) is 23.3. The number of aryl methyl sites for hydroxylation is 10. The lowest BCUT2D eigenvalue weighted by atomic mass is 9.87. The molecule has 0 aliphatic carbocycles. The van der Waals surface area contributed by atoms with Gasteiger partial charge in [-0.15, -0.1) is 12.6 Å². The van der Waals surface area contributed by atoms with Crippen molar-refractivity contribution in [1.82, 2.24) is 0 Å². The fourth-order valence-electron chi connectivity index (χ4n) is 15.2. The summed E-state index contributed by atoms with van der Waals surface area (Å²) >= 11 is 30.1. The van der Waals surface area contributed by atoms with Crippen LogP contribution in [0.3, 0.4) is 0 Å². The van der Waals surface area contributed by atoms with Gasteiger partial charge in [-0.1, -0.05) is 268 Å². The van der Waals surface area contributed by atoms with Crippen LogP contribution in [0.15, 0.2) is 296 Å². The molecule has 20 nitrogen and oxygen atoms in total. The number of benzene rings is 15. The van der Waals surface area contributed by atoms with Gasteiger partial charge in [0.15, 0.2) is 11.6 Å². The van der Waals surface area contributed by atoms with E-state index in [0.717, 1.165) is 96.6 Å². The summed E-state index contributed by atoms with van der Waals surface area (Å²) in [6.07, 6.45) is 0. The van der Waals surface area contributed by atoms with Crippen molar-refractivity contribution in [2.24, 2.45) is 0 Å². The maximum atomic E-state index is 13.5. The molecule has 0 bridgehead atoms. The van der Waals surface area contributed by atoms with Gasteiger partial charge in [-0.25, -0.2) is 8.78 Å². The number of nitrogens with two attached hydrogens (primary N) is 1. The number of phenolic OH excluding ortho intramolecular Hbond substituents is 3. The number of nitrogen functional groups attached to an aromatic ring is 1. The van der Waals surface area contributed by atoms with Gasteiger partial charge in [0.05, 0.1) is 99.4 Å². The number of halogens is 6. The summed E-state index contributed by atoms with van der Waals surface area (Å²) in [5.74, 6) is -7.67. The van der Waals surface area contributed by atoms with E-state index >= 15 is 0 Å². The van der Waals surface area contributed by atoms with Crippen molar-refractivity contribution in [2.75, 3.05) is 32.3 Å². The topological polar surface area (TPSA) is 375 Å². The normalized spacial score (nSPS) is 11.5. The molecule has 0 spiro atoms. The molecule has 0 aliphatic heterocycles. The second-order valence-electron chi connectivity index (χ2n) is 33.7. The Labute approximate surface area is 861 Å². The zero-order valence-corrected chi connectivity index (χ0v) is 82.9. The van der Waals surface area contributed by atoms with Crippen LogP contribution in [-0.2, 0) is 0 Å². The lowest BCUT2D eigenvalue weighted by Crippen LogP contribution is -2.15. The van der Waals surface area contributed by atoms with Crippen molar-refractivity contribution in [1.29, 1.82) is 31.6 Å². The molecule has 15 aromatic carbocycles. The number of nitrogens with zero attached hydrogens (tertiary/aromatic N) is 6. The highest BCUT2D eigenvalue weighted by Gasteiger charge is 2.28. The van der Waals surface area contributed by atoms with Gasteiger partial charge in [-0.05, 0) is 250 Å². The average Bonchev–Trinajstić information content (AvgIpc) is 0.737. The van der Waals surface area contributed by atoms with E-state index in [1.54, 1.807) is 129 Å². The first kappa shape index (κ1) is 107. The molecule has 724 valence electrons. The highest BCUT2D eigenvalue weighted by Crippen LogP contribution is 2.42. The number of carbonyl (C=O) groups excluding carboxylic acids is 5. The van der Waals surface area contributed by atoms with Crippen LogP contribution >= 0.6 is 59.0 Å². The fourth-order valence-corrected chi connectivity index (χ4v) is 16.6. The Morgan fingerprint density at radius 3 is 0.923 bits per heavy atom. The number of carbonyl (C=O) groups is 5. The Hall–Kier alpha value is -16.8. The van der Waals surface area contributed by atoms with Crippen LogP contribution in [0.25, 0.3) is 0 Å². The molecule has 0 heterocycles. The number of nitrogens with one attached hydrogen (secondary N) is 5. The van der Waals surface area contributed by atoms with Crippen molar-refractivity contribution < 1.29 is 55.2 Å². The molecule has 0 radical (unpaired) electrons. The third kappa shape index (κ3) is 27.0. The van der Waals surface area contributed by atoms with E-state index in [2.05, 4.69) is 75.6 Å². The monoisotopic (exact) mass is 2000 g/mol. The highest BCUT2D eigenvalue weighted by atomic mass is 35.5. The van der Waals surface area contributed by atoms with Crippen LogP contribution in [0, 0.1) is 149 Å². The number of aromatic hydroxyl groups is 3. The van der Waals surface area contributed by atoms with Gasteiger partial charge in [-0.3, -0.25) is 24.0 Å². The van der Waals surface area contributed by atoms with Gasteiger partial charge < -0.3 is 47.6 Å². The molecule has 5 atom stereocenters. The maximum Gasteiger partial charge on any atom is 0.259 e. The van der Waals surface area contributed by atoms with E-state index in [1.165, 1.54) is 18.2 Å². The number of nitriles is 6. The van der Waals surface area contributed by atoms with Crippen LogP contribution in [0.1, 0.15) is 205 Å². The number of thiol groups is 1. The van der Waals surface area contributed by atoms with E-state index in [9.17, 15) is 79.6 Å². The lowest BCUT2D eigenvalue weighted by Gasteiger charge is -2.16. The minimum atomic E-state index is -0.877. The molecule has 0 saturated carbocycles. The Morgan fingerprint density at radius 2 is 0.587 bits per heavy atom. The van der Waals surface area contributed by atoms with Crippen LogP contribution in [-0.4, -0.2) is 44.9 Å². The lowest BCUT2D eigenvalue weighted by molar-refractivity contribution is 0.101. The number of hydrogen-bond acceptors (Lipinski definition) is 16. The van der Waals surface area contributed by atoms with E-state index in [-0.39, 0.29) is 47.1 Å². The SMILES string of the molecule is Cc1ccc(C(C#N)c2cc(C)c(NC(=O)c3cc(F)ccc3O)cc2Cl)cc1.Cc1ccc(C(C#N)c2cc(C)c(NC(=O)c3cccc(F)c3O)cc2Cl)cc1.Cc1ccc(C(C#N)c2cc(C)c(NC(=O)c3ccccc3N)cc2Cl)cc1.Cc1ccc(C(C#N)c2cc(C)c(NC(=O)c3ccccc3O)cc2Cl)cc1.Cc1ccc(C(C#N)c2cc(C)c(NC(=O)c3ccccc3S)cc2C#N)cc1.[HH].[HH].[HH].[HH].[HH]. The smallest absolute Gasteiger partial charge is 0.259 e. The van der Waals surface area contributed by atoms with Gasteiger partial charge in [0.1, 0.15) is 17.3 Å². The maximum absolute atomic E-state index is 13.5. The molecule has 5 amide bonds. The number of hydrogen-bond donors (Lipinski definition) is 10. The molecule has 0 fully saturated rings. The number of anilines is 6. The molecule has 0 aromatic heterocycles. The van der Waals surface area contributed by atoms with Crippen molar-refractivity contribution in [3.05, 3.63) is 468 Å². The fraction of sp³-hybridized carbons (Fsp3) is 0.129. The summed E-state index contributed by atoms with van der Waals surface area (Å²) in [4.78, 5) is 63.1. The molecule has 10 N–H and O–H groups in total. The minimum absolute atomic E-state index is 0. The Kier molecular flexibility index (Phi) is 36.6. The van der Waals surface area contributed by atoms with E-state index in [4.69, 9.17) is 52.1 Å². The molecular formula is C116H104Cl4F2N12O8S. The third-order valence-corrected chi connectivity index (χ3v) is 25.0. The summed E-state index contributed by atoms with van der Waals surface area (Å²) < 4.78 is 26.9. The van der Waals surface area contributed by atoms with Crippen LogP contribution in [0.5, 0.6) is 17.2 Å². The van der Waals surface area contributed by atoms with Crippen LogP contribution in [0.4, 0.5) is 42.9 Å². The Bertz CT molecular complexity index is 7350. The van der Waals surface area contributed by atoms with E-state index < -0.39 is 64.7 Å². The highest BCUT2D eigenvalue weighted by molar-refractivity contribution is 7.80. The summed E-state index contributed by atoms with van der Waals surface area (Å²) in [7, 11) is 0. The predicted octanol–water partition coefficient (Wildman–Crippen LogP) is 29.0. The average molecular weight is 2010 g/mol. The first-order valence-corrected chi connectivity index (χ1v) is 46.3. The number of phenols is 3. The molecule has 15 rings (SSSR count). The van der Waals surface area contributed by atoms with Gasteiger partial charge in [0.25, 0.3) is 29.5 Å². The zero-order valence-electron chi connectivity index (χ0n) is 79.0. The van der Waals surface area contributed by atoms with E-state index in [0.29, 0.717) is 115 Å². The molecule has 0 saturated heterocycles. The van der Waals surface area contributed by atoms with Crippen molar-refractivity contribution in [3.63, 3.8) is 0 Å². The van der Waals surface area contributed by atoms with Gasteiger partial charge in [0.2, 0.25) is 0 Å². The minimum Gasteiger partial charge on any atom is -0.507 e. The molecule has 143 heavy (non-hydrogen) atoms. The van der Waals surface area contributed by atoms with Gasteiger partial charge in [0, 0.05) is 66.2 Å².